The van der Waals surface area contributed by atoms with Crippen LogP contribution in [0, 0.1) is 0 Å². The average molecular weight is 542 g/mol. The van der Waals surface area contributed by atoms with Crippen LogP contribution < -0.4 is 15.4 Å². The molecule has 0 aliphatic rings. The molecule has 0 bridgehead atoms. The van der Waals surface area contributed by atoms with Gasteiger partial charge in [-0.2, -0.15) is 8.78 Å². The zero-order chi connectivity index (χ0) is 21.5. The number of hydrogen-bond acceptors (Lipinski definition) is 4. The summed E-state index contributed by atoms with van der Waals surface area (Å²) in [6.07, 6.45) is 5.14. The molecule has 0 saturated carbocycles. The van der Waals surface area contributed by atoms with Gasteiger partial charge in [0.15, 0.2) is 5.96 Å². The van der Waals surface area contributed by atoms with Crippen molar-refractivity contribution in [3.8, 4) is 5.75 Å². The van der Waals surface area contributed by atoms with E-state index in [1.807, 2.05) is 6.92 Å². The van der Waals surface area contributed by atoms with E-state index < -0.39 is 12.7 Å². The molecule has 0 spiro atoms. The Bertz CT molecular complexity index is 575. The van der Waals surface area contributed by atoms with E-state index in [1.165, 1.54) is 37.8 Å². The number of ether oxygens (including phenoxy) is 1. The second-order valence-corrected chi connectivity index (χ2v) is 7.18. The van der Waals surface area contributed by atoms with Crippen molar-refractivity contribution in [3.63, 3.8) is 0 Å². The molecule has 0 aromatic heterocycles. The second-order valence-electron chi connectivity index (χ2n) is 7.18. The Morgan fingerprint density at radius 2 is 1.70 bits per heavy atom. The van der Waals surface area contributed by atoms with Crippen molar-refractivity contribution >= 4 is 29.9 Å². The predicted octanol–water partition coefficient (Wildman–Crippen LogP) is 4.01. The number of hydrogen-bond donors (Lipinski definition) is 3. The molecule has 0 aliphatic heterocycles. The van der Waals surface area contributed by atoms with Crippen LogP contribution in [-0.4, -0.2) is 62.9 Å². The van der Waals surface area contributed by atoms with Crippen molar-refractivity contribution in [2.45, 2.75) is 51.7 Å². The van der Waals surface area contributed by atoms with Crippen LogP contribution in [0.2, 0.25) is 0 Å². The van der Waals surface area contributed by atoms with E-state index in [0.29, 0.717) is 11.5 Å². The van der Waals surface area contributed by atoms with E-state index in [9.17, 15) is 13.9 Å². The Hall–Kier alpha value is -1.20. The minimum absolute atomic E-state index is 0. The molecule has 0 fully saturated rings. The standard InChI is InChI=1S/C21H36F2N4O2.HI/c1-4-24-21(25-14-8-6-5-7-9-15-27(2)3)26-16-19(28)17-10-12-18(13-11-17)29-20(22)23;/h10-13,19-20,28H,4-9,14-16H2,1-3H3,(H2,24,25,26);1H. The highest BCUT2D eigenvalue weighted by Gasteiger charge is 2.09. The maximum Gasteiger partial charge on any atom is 0.387 e. The van der Waals surface area contributed by atoms with E-state index in [1.54, 1.807) is 12.1 Å². The van der Waals surface area contributed by atoms with Crippen LogP contribution in [0.5, 0.6) is 5.75 Å². The van der Waals surface area contributed by atoms with Gasteiger partial charge in [0.25, 0.3) is 0 Å². The van der Waals surface area contributed by atoms with Gasteiger partial charge < -0.3 is 25.4 Å². The molecule has 1 unspecified atom stereocenters. The Labute approximate surface area is 196 Å². The number of nitrogens with one attached hydrogen (secondary N) is 2. The third-order valence-corrected chi connectivity index (χ3v) is 4.33. The molecule has 1 atom stereocenters. The highest BCUT2D eigenvalue weighted by atomic mass is 127. The Morgan fingerprint density at radius 1 is 1.07 bits per heavy atom. The summed E-state index contributed by atoms with van der Waals surface area (Å²) in [6.45, 7) is 2.00. The van der Waals surface area contributed by atoms with Gasteiger partial charge in [-0.3, -0.25) is 4.99 Å². The van der Waals surface area contributed by atoms with Crippen molar-refractivity contribution in [1.29, 1.82) is 0 Å². The number of halogens is 3. The Balaban J connectivity index is 0.00000841. The monoisotopic (exact) mass is 542 g/mol. The summed E-state index contributed by atoms with van der Waals surface area (Å²) >= 11 is 0. The fourth-order valence-corrected chi connectivity index (χ4v) is 2.79. The third-order valence-electron chi connectivity index (χ3n) is 4.33. The summed E-state index contributed by atoms with van der Waals surface area (Å²) in [5.74, 6) is 0.730. The smallest absolute Gasteiger partial charge is 0.387 e. The number of benzene rings is 1. The third kappa shape index (κ3) is 13.9. The topological polar surface area (TPSA) is 69.1 Å². The zero-order valence-corrected chi connectivity index (χ0v) is 20.6. The van der Waals surface area contributed by atoms with Crippen molar-refractivity contribution in [2.75, 3.05) is 40.3 Å². The Morgan fingerprint density at radius 3 is 2.30 bits per heavy atom. The summed E-state index contributed by atoms with van der Waals surface area (Å²) < 4.78 is 28.7. The largest absolute Gasteiger partial charge is 0.435 e. The first-order valence-corrected chi connectivity index (χ1v) is 10.3. The van der Waals surface area contributed by atoms with Gasteiger partial charge in [0.05, 0.1) is 12.6 Å². The molecule has 0 saturated heterocycles. The first-order chi connectivity index (χ1) is 13.9. The number of aliphatic imine (C=N–C) groups is 1. The lowest BCUT2D eigenvalue weighted by Gasteiger charge is -2.14. The molecule has 1 aromatic rings. The van der Waals surface area contributed by atoms with Crippen LogP contribution in [0.25, 0.3) is 0 Å². The van der Waals surface area contributed by atoms with Gasteiger partial charge in [-0.1, -0.05) is 31.4 Å². The highest BCUT2D eigenvalue weighted by Crippen LogP contribution is 2.19. The molecule has 30 heavy (non-hydrogen) atoms. The summed E-state index contributed by atoms with van der Waals surface area (Å²) in [5, 5.41) is 16.7. The van der Waals surface area contributed by atoms with E-state index in [2.05, 4.69) is 39.4 Å². The first kappa shape index (κ1) is 28.8. The number of aliphatic hydroxyl groups is 1. The second kappa shape index (κ2) is 17.5. The maximum atomic E-state index is 12.2. The normalized spacial score (nSPS) is 12.6. The fraction of sp³-hybridized carbons (Fsp3) is 0.667. The molecular formula is C21H37F2IN4O2. The molecule has 0 heterocycles. The molecule has 3 N–H and O–H groups in total. The minimum Gasteiger partial charge on any atom is -0.435 e. The van der Waals surface area contributed by atoms with Crippen LogP contribution in [0.15, 0.2) is 29.3 Å². The van der Waals surface area contributed by atoms with E-state index in [4.69, 9.17) is 0 Å². The van der Waals surface area contributed by atoms with E-state index in [-0.39, 0.29) is 36.3 Å². The molecular weight excluding hydrogens is 505 g/mol. The van der Waals surface area contributed by atoms with Gasteiger partial charge in [0.2, 0.25) is 0 Å². The van der Waals surface area contributed by atoms with E-state index >= 15 is 0 Å². The lowest BCUT2D eigenvalue weighted by molar-refractivity contribution is -0.0498. The predicted molar refractivity (Wildman–Crippen MR) is 129 cm³/mol. The van der Waals surface area contributed by atoms with Gasteiger partial charge in [-0.05, 0) is 58.1 Å². The van der Waals surface area contributed by atoms with Crippen LogP contribution in [0.1, 0.15) is 50.7 Å². The molecule has 1 aromatic carbocycles. The minimum atomic E-state index is -2.86. The quantitative estimate of drug-likeness (QED) is 0.144. The lowest BCUT2D eigenvalue weighted by atomic mass is 10.1. The number of guanidine groups is 1. The number of unbranched alkanes of at least 4 members (excludes halogenated alkanes) is 4. The number of aliphatic hydroxyl groups excluding tert-OH is 1. The summed E-state index contributed by atoms with van der Waals surface area (Å²) in [5.41, 5.74) is 0.601. The van der Waals surface area contributed by atoms with Crippen LogP contribution in [0.4, 0.5) is 8.78 Å². The molecule has 0 radical (unpaired) electrons. The summed E-state index contributed by atoms with van der Waals surface area (Å²) in [7, 11) is 4.19. The van der Waals surface area contributed by atoms with Gasteiger partial charge >= 0.3 is 6.61 Å². The van der Waals surface area contributed by atoms with Gasteiger partial charge in [0.1, 0.15) is 5.75 Å². The van der Waals surface area contributed by atoms with Crippen LogP contribution in [-0.2, 0) is 0 Å². The number of nitrogens with zero attached hydrogens (tertiary/aromatic N) is 2. The van der Waals surface area contributed by atoms with Crippen molar-refractivity contribution in [3.05, 3.63) is 29.8 Å². The summed E-state index contributed by atoms with van der Waals surface area (Å²) in [6, 6.07) is 5.95. The van der Waals surface area contributed by atoms with Crippen LogP contribution in [0.3, 0.4) is 0 Å². The molecule has 6 nitrogen and oxygen atoms in total. The summed E-state index contributed by atoms with van der Waals surface area (Å²) in [4.78, 5) is 6.62. The Kier molecular flexibility index (Phi) is 16.8. The SMILES string of the molecule is CCNC(=NCC(O)c1ccc(OC(F)F)cc1)NCCCCCCCN(C)C.I. The number of rotatable bonds is 14. The molecule has 174 valence electrons. The highest BCUT2D eigenvalue weighted by molar-refractivity contribution is 14.0. The number of alkyl halides is 2. The maximum absolute atomic E-state index is 12.2. The molecule has 1 rings (SSSR count). The van der Waals surface area contributed by atoms with Crippen LogP contribution >= 0.6 is 24.0 Å². The van der Waals surface area contributed by atoms with Gasteiger partial charge in [-0.25, -0.2) is 0 Å². The van der Waals surface area contributed by atoms with E-state index in [0.717, 1.165) is 26.1 Å². The molecule has 9 heteroatoms. The van der Waals surface area contributed by atoms with Gasteiger partial charge in [-0.15, -0.1) is 24.0 Å². The van der Waals surface area contributed by atoms with Crippen molar-refractivity contribution in [1.82, 2.24) is 15.5 Å². The lowest BCUT2D eigenvalue weighted by Crippen LogP contribution is -2.38. The zero-order valence-electron chi connectivity index (χ0n) is 18.2. The average Bonchev–Trinajstić information content (AvgIpc) is 2.67. The van der Waals surface area contributed by atoms with Crippen molar-refractivity contribution in [2.24, 2.45) is 4.99 Å². The van der Waals surface area contributed by atoms with Gasteiger partial charge in [0, 0.05) is 13.1 Å². The first-order valence-electron chi connectivity index (χ1n) is 10.3. The fourth-order valence-electron chi connectivity index (χ4n) is 2.79. The molecule has 0 aliphatic carbocycles. The molecule has 0 amide bonds. The van der Waals surface area contributed by atoms with Crippen molar-refractivity contribution < 1.29 is 18.6 Å².